The van der Waals surface area contributed by atoms with Crippen LogP contribution in [0.1, 0.15) is 33.1 Å². The maximum absolute atomic E-state index is 4.07. The average molecular weight is 218 g/mol. The van der Waals surface area contributed by atoms with E-state index in [-0.39, 0.29) is 0 Å². The topological polar surface area (TPSA) is 15.3 Å². The van der Waals surface area contributed by atoms with Crippen LogP contribution in [0.5, 0.6) is 0 Å². The third kappa shape index (κ3) is 2.01. The summed E-state index contributed by atoms with van der Waals surface area (Å²) in [5.74, 6) is 2.68. The van der Waals surface area contributed by atoms with Crippen molar-refractivity contribution in [3.8, 4) is 0 Å². The summed E-state index contributed by atoms with van der Waals surface area (Å²) >= 11 is 0. The van der Waals surface area contributed by atoms with Crippen molar-refractivity contribution in [2.24, 2.45) is 11.8 Å². The van der Waals surface area contributed by atoms with Crippen molar-refractivity contribution in [3.63, 3.8) is 0 Å². The summed E-state index contributed by atoms with van der Waals surface area (Å²) in [6.45, 7) is 12.6. The van der Waals surface area contributed by atoms with E-state index in [0.717, 1.165) is 23.4 Å². The minimum absolute atomic E-state index is 0.615. The molecule has 0 radical (unpaired) electrons. The van der Waals surface area contributed by atoms with E-state index in [0.29, 0.717) is 6.04 Å². The fourth-order valence-electron chi connectivity index (χ4n) is 2.99. The van der Waals surface area contributed by atoms with E-state index >= 15 is 0 Å². The summed E-state index contributed by atoms with van der Waals surface area (Å²) < 4.78 is 0. The fourth-order valence-corrected chi connectivity index (χ4v) is 2.99. The highest BCUT2D eigenvalue weighted by atomic mass is 15.3. The lowest BCUT2D eigenvalue weighted by Gasteiger charge is -2.33. The molecule has 2 heteroatoms. The molecule has 1 heterocycles. The second-order valence-electron chi connectivity index (χ2n) is 5.09. The second-order valence-corrected chi connectivity index (χ2v) is 5.09. The van der Waals surface area contributed by atoms with Gasteiger partial charge in [0.2, 0.25) is 0 Å². The lowest BCUT2D eigenvalue weighted by Crippen LogP contribution is -2.36. The van der Waals surface area contributed by atoms with Gasteiger partial charge in [-0.1, -0.05) is 33.4 Å². The molecular formula is C14H22N2. The Morgan fingerprint density at radius 2 is 2.19 bits per heavy atom. The van der Waals surface area contributed by atoms with Crippen LogP contribution in [0.2, 0.25) is 0 Å². The van der Waals surface area contributed by atoms with Crippen molar-refractivity contribution >= 4 is 0 Å². The van der Waals surface area contributed by atoms with Crippen molar-refractivity contribution in [1.29, 1.82) is 0 Å². The SMILES string of the molecule is C=C1C=CN(C2CC(C)C(CC)C2)C(=C)N1. The fraction of sp³-hybridized carbons (Fsp3) is 0.571. The standard InChI is InChI=1S/C14H22N2/c1-5-13-9-14(8-10(13)2)16-7-6-11(3)15-12(16)4/h6-7,10,13-15H,3-5,8-9H2,1-2H3. The summed E-state index contributed by atoms with van der Waals surface area (Å²) in [6, 6.07) is 0.615. The smallest absolute Gasteiger partial charge is 0.103 e. The molecule has 1 saturated carbocycles. The van der Waals surface area contributed by atoms with Gasteiger partial charge in [-0.3, -0.25) is 0 Å². The van der Waals surface area contributed by atoms with Gasteiger partial charge in [0.1, 0.15) is 5.82 Å². The third-order valence-electron chi connectivity index (χ3n) is 3.99. The Kier molecular flexibility index (Phi) is 3.08. The Labute approximate surface area is 98.7 Å². The van der Waals surface area contributed by atoms with E-state index < -0.39 is 0 Å². The van der Waals surface area contributed by atoms with E-state index in [1.54, 1.807) is 0 Å². The van der Waals surface area contributed by atoms with Gasteiger partial charge >= 0.3 is 0 Å². The molecule has 0 aromatic carbocycles. The molecular weight excluding hydrogens is 196 g/mol. The predicted octanol–water partition coefficient (Wildman–Crippen LogP) is 3.21. The lowest BCUT2D eigenvalue weighted by molar-refractivity contribution is 0.312. The Bertz CT molecular complexity index is 330. The minimum atomic E-state index is 0.615. The van der Waals surface area contributed by atoms with Crippen LogP contribution in [0.25, 0.3) is 0 Å². The Morgan fingerprint density at radius 1 is 1.44 bits per heavy atom. The molecule has 3 unspecified atom stereocenters. The molecule has 3 atom stereocenters. The first-order valence-corrected chi connectivity index (χ1v) is 6.23. The summed E-state index contributed by atoms with van der Waals surface area (Å²) in [4.78, 5) is 2.28. The van der Waals surface area contributed by atoms with Crippen molar-refractivity contribution in [1.82, 2.24) is 10.2 Å². The number of allylic oxidation sites excluding steroid dienone is 1. The molecule has 1 fully saturated rings. The first kappa shape index (κ1) is 11.3. The van der Waals surface area contributed by atoms with Crippen LogP contribution < -0.4 is 5.32 Å². The lowest BCUT2D eigenvalue weighted by atomic mass is 9.96. The van der Waals surface area contributed by atoms with Crippen molar-refractivity contribution < 1.29 is 0 Å². The predicted molar refractivity (Wildman–Crippen MR) is 68.4 cm³/mol. The monoisotopic (exact) mass is 218 g/mol. The normalized spacial score (nSPS) is 34.4. The van der Waals surface area contributed by atoms with Crippen LogP contribution in [0, 0.1) is 11.8 Å². The summed E-state index contributed by atoms with van der Waals surface area (Å²) in [5.41, 5.74) is 0.930. The van der Waals surface area contributed by atoms with Gasteiger partial charge < -0.3 is 10.2 Å². The van der Waals surface area contributed by atoms with Crippen LogP contribution in [0.4, 0.5) is 0 Å². The molecule has 2 rings (SSSR count). The van der Waals surface area contributed by atoms with Gasteiger partial charge in [0.25, 0.3) is 0 Å². The minimum Gasteiger partial charge on any atom is -0.343 e. The molecule has 1 aliphatic heterocycles. The van der Waals surface area contributed by atoms with Gasteiger partial charge in [-0.15, -0.1) is 0 Å². The van der Waals surface area contributed by atoms with Gasteiger partial charge in [-0.2, -0.15) is 0 Å². The zero-order valence-electron chi connectivity index (χ0n) is 10.4. The summed E-state index contributed by atoms with van der Waals surface area (Å²) in [6.07, 6.45) is 8.00. The molecule has 0 saturated heterocycles. The molecule has 1 N–H and O–H groups in total. The third-order valence-corrected chi connectivity index (χ3v) is 3.99. The highest BCUT2D eigenvalue weighted by molar-refractivity contribution is 5.24. The molecule has 88 valence electrons. The highest BCUT2D eigenvalue weighted by Gasteiger charge is 2.34. The number of hydrogen-bond donors (Lipinski definition) is 1. The van der Waals surface area contributed by atoms with Crippen LogP contribution in [-0.4, -0.2) is 10.9 Å². The summed E-state index contributed by atoms with van der Waals surface area (Å²) in [5, 5.41) is 3.20. The van der Waals surface area contributed by atoms with E-state index in [4.69, 9.17) is 0 Å². The molecule has 0 aromatic rings. The quantitative estimate of drug-likeness (QED) is 0.765. The Hall–Kier alpha value is -1.18. The maximum atomic E-state index is 4.07. The number of hydrogen-bond acceptors (Lipinski definition) is 2. The van der Waals surface area contributed by atoms with E-state index in [1.165, 1.54) is 19.3 Å². The highest BCUT2D eigenvalue weighted by Crippen LogP contribution is 2.38. The van der Waals surface area contributed by atoms with Crippen LogP contribution in [0.15, 0.2) is 37.0 Å². The van der Waals surface area contributed by atoms with Gasteiger partial charge in [0.05, 0.1) is 0 Å². The molecule has 1 aliphatic carbocycles. The largest absolute Gasteiger partial charge is 0.343 e. The molecule has 0 aromatic heterocycles. The number of nitrogens with one attached hydrogen (secondary N) is 1. The zero-order chi connectivity index (χ0) is 11.7. The molecule has 2 nitrogen and oxygen atoms in total. The van der Waals surface area contributed by atoms with Crippen LogP contribution in [-0.2, 0) is 0 Å². The first-order chi connectivity index (χ1) is 7.61. The van der Waals surface area contributed by atoms with Crippen molar-refractivity contribution in [3.05, 3.63) is 37.0 Å². The zero-order valence-corrected chi connectivity index (χ0v) is 10.4. The van der Waals surface area contributed by atoms with E-state index in [1.807, 2.05) is 6.08 Å². The van der Waals surface area contributed by atoms with E-state index in [2.05, 4.69) is 43.4 Å². The van der Waals surface area contributed by atoms with Gasteiger partial charge in [0, 0.05) is 17.9 Å². The van der Waals surface area contributed by atoms with Gasteiger partial charge in [-0.05, 0) is 30.8 Å². The molecule has 0 bridgehead atoms. The second kappa shape index (κ2) is 4.36. The van der Waals surface area contributed by atoms with Crippen molar-refractivity contribution in [2.75, 3.05) is 0 Å². The first-order valence-electron chi connectivity index (χ1n) is 6.23. The van der Waals surface area contributed by atoms with E-state index in [9.17, 15) is 0 Å². The maximum Gasteiger partial charge on any atom is 0.103 e. The van der Waals surface area contributed by atoms with Crippen molar-refractivity contribution in [2.45, 2.75) is 39.2 Å². The van der Waals surface area contributed by atoms with Gasteiger partial charge in [-0.25, -0.2) is 0 Å². The molecule has 0 spiro atoms. The molecule has 0 amide bonds. The van der Waals surface area contributed by atoms with Gasteiger partial charge in [0.15, 0.2) is 0 Å². The van der Waals surface area contributed by atoms with Crippen LogP contribution in [0.3, 0.4) is 0 Å². The Morgan fingerprint density at radius 3 is 2.75 bits per heavy atom. The number of rotatable bonds is 2. The Balaban J connectivity index is 2.07. The molecule has 16 heavy (non-hydrogen) atoms. The van der Waals surface area contributed by atoms with Crippen LogP contribution >= 0.6 is 0 Å². The summed E-state index contributed by atoms with van der Waals surface area (Å²) in [7, 11) is 0. The molecule has 2 aliphatic rings. The average Bonchev–Trinajstić information content (AvgIpc) is 2.59. The number of nitrogens with zero attached hydrogens (tertiary/aromatic N) is 1.